The van der Waals surface area contributed by atoms with Crippen LogP contribution < -0.4 is 10.1 Å². The number of carbonyl (C=O) groups excluding carboxylic acids is 4. The molecule has 2 aliphatic rings. The first kappa shape index (κ1) is 37.1. The van der Waals surface area contributed by atoms with E-state index in [1.165, 1.54) is 15.9 Å². The predicted molar refractivity (Wildman–Crippen MR) is 189 cm³/mol. The van der Waals surface area contributed by atoms with E-state index in [-0.39, 0.29) is 63.3 Å². The van der Waals surface area contributed by atoms with Crippen molar-refractivity contribution in [1.29, 1.82) is 0 Å². The number of carbonyl (C=O) groups is 5. The number of ether oxygens (including phenoxy) is 2. The SMILES string of the molecule is CCCCOC(=O)N1CCN(C(=O)[C@H](CCC(=O)O)NC(=O)c2cc(OCC(=O)N3CCCC3c3ccccc3C)c3ccc(C)cc3n2)CC1. The topological polar surface area (TPSA) is 159 Å². The Balaban J connectivity index is 1.30. The first-order valence-electron chi connectivity index (χ1n) is 17.7. The van der Waals surface area contributed by atoms with Crippen LogP contribution in [0.1, 0.15) is 78.7 Å². The molecule has 13 nitrogen and oxygen atoms in total. The van der Waals surface area contributed by atoms with Crippen LogP contribution in [0, 0.1) is 13.8 Å². The maximum Gasteiger partial charge on any atom is 0.409 e. The van der Waals surface area contributed by atoms with E-state index < -0.39 is 29.9 Å². The summed E-state index contributed by atoms with van der Waals surface area (Å²) in [6, 6.07) is 13.8. The number of carboxylic acid groups (broad SMARTS) is 1. The molecule has 2 N–H and O–H groups in total. The highest BCUT2D eigenvalue weighted by molar-refractivity contribution is 5.99. The van der Waals surface area contributed by atoms with Crippen molar-refractivity contribution in [3.63, 3.8) is 0 Å². The minimum Gasteiger partial charge on any atom is -0.483 e. The van der Waals surface area contributed by atoms with Crippen molar-refractivity contribution in [2.75, 3.05) is 45.9 Å². The van der Waals surface area contributed by atoms with E-state index in [2.05, 4.69) is 16.4 Å². The summed E-state index contributed by atoms with van der Waals surface area (Å²) in [5, 5.41) is 12.7. The molecular formula is C38H47N5O8. The molecule has 3 aromatic rings. The molecule has 2 aromatic carbocycles. The summed E-state index contributed by atoms with van der Waals surface area (Å²) in [5.74, 6) is -2.12. The molecule has 1 aromatic heterocycles. The monoisotopic (exact) mass is 701 g/mol. The number of pyridine rings is 1. The number of nitrogens with one attached hydrogen (secondary N) is 1. The average Bonchev–Trinajstić information content (AvgIpc) is 3.61. The summed E-state index contributed by atoms with van der Waals surface area (Å²) in [6.07, 6.45) is 2.49. The molecule has 0 spiro atoms. The third-order valence-electron chi connectivity index (χ3n) is 9.46. The van der Waals surface area contributed by atoms with E-state index in [1.807, 2.05) is 56.0 Å². The van der Waals surface area contributed by atoms with Crippen molar-refractivity contribution >= 4 is 40.7 Å². The van der Waals surface area contributed by atoms with Crippen LogP contribution in [0.15, 0.2) is 48.5 Å². The van der Waals surface area contributed by atoms with Crippen LogP contribution in [-0.2, 0) is 19.1 Å². The number of benzene rings is 2. The first-order valence-corrected chi connectivity index (χ1v) is 17.7. The van der Waals surface area contributed by atoms with E-state index in [0.717, 1.165) is 42.4 Å². The van der Waals surface area contributed by atoms with Gasteiger partial charge in [0, 0.05) is 50.6 Å². The fourth-order valence-electron chi connectivity index (χ4n) is 6.60. The number of fused-ring (bicyclic) bond motifs is 1. The van der Waals surface area contributed by atoms with Gasteiger partial charge in [-0.3, -0.25) is 19.2 Å². The number of rotatable bonds is 13. The van der Waals surface area contributed by atoms with Gasteiger partial charge in [0.15, 0.2) is 6.61 Å². The number of aryl methyl sites for hydroxylation is 2. The molecule has 0 bridgehead atoms. The van der Waals surface area contributed by atoms with E-state index >= 15 is 0 Å². The predicted octanol–water partition coefficient (Wildman–Crippen LogP) is 4.64. The Hall–Kier alpha value is -5.20. The Labute approximate surface area is 297 Å². The molecular weight excluding hydrogens is 654 g/mol. The van der Waals surface area contributed by atoms with Crippen molar-refractivity contribution in [1.82, 2.24) is 25.0 Å². The lowest BCUT2D eigenvalue weighted by Crippen LogP contribution is -2.56. The smallest absolute Gasteiger partial charge is 0.409 e. The second kappa shape index (κ2) is 17.1. The molecule has 13 heteroatoms. The molecule has 2 fully saturated rings. The van der Waals surface area contributed by atoms with Gasteiger partial charge in [-0.1, -0.05) is 43.7 Å². The molecule has 2 atom stereocenters. The highest BCUT2D eigenvalue weighted by Crippen LogP contribution is 2.34. The van der Waals surface area contributed by atoms with Gasteiger partial charge in [-0.15, -0.1) is 0 Å². The standard InChI is InChI=1S/C38H47N5O8/c1-4-5-21-50-38(49)42-19-17-41(18-20-42)37(48)29(14-15-35(45)46)40-36(47)31-23-33(28-13-12-25(2)22-30(28)39-31)51-24-34(44)43-16-8-11-32(43)27-10-7-6-9-26(27)3/h6-7,9-10,12-13,22-23,29,32H,4-5,8,11,14-21,24H2,1-3H3,(H,40,47)(H,45,46)/t29-,32?/m0/s1. The maximum atomic E-state index is 13.7. The molecule has 51 heavy (non-hydrogen) atoms. The average molecular weight is 702 g/mol. The van der Waals surface area contributed by atoms with Gasteiger partial charge in [0.05, 0.1) is 18.2 Å². The minimum absolute atomic E-state index is 0.0386. The molecule has 5 rings (SSSR count). The molecule has 0 saturated carbocycles. The summed E-state index contributed by atoms with van der Waals surface area (Å²) in [4.78, 5) is 74.2. The molecule has 4 amide bonds. The number of hydrogen-bond donors (Lipinski definition) is 2. The highest BCUT2D eigenvalue weighted by atomic mass is 16.6. The number of amides is 4. The number of piperazine rings is 1. The molecule has 272 valence electrons. The van der Waals surface area contributed by atoms with Gasteiger partial charge in [0.1, 0.15) is 17.5 Å². The van der Waals surface area contributed by atoms with Gasteiger partial charge in [-0.25, -0.2) is 9.78 Å². The summed E-state index contributed by atoms with van der Waals surface area (Å²) in [7, 11) is 0. The lowest BCUT2D eigenvalue weighted by Gasteiger charge is -2.36. The number of aromatic nitrogens is 1. The molecule has 0 radical (unpaired) electrons. The largest absolute Gasteiger partial charge is 0.483 e. The van der Waals surface area contributed by atoms with Crippen LogP contribution in [0.5, 0.6) is 5.75 Å². The van der Waals surface area contributed by atoms with Crippen LogP contribution >= 0.6 is 0 Å². The van der Waals surface area contributed by atoms with Crippen LogP contribution in [0.2, 0.25) is 0 Å². The first-order chi connectivity index (χ1) is 24.5. The zero-order valence-corrected chi connectivity index (χ0v) is 29.6. The second-order valence-electron chi connectivity index (χ2n) is 13.2. The normalized spacial score (nSPS) is 16.5. The fraction of sp³-hybridized carbons (Fsp3) is 0.474. The van der Waals surface area contributed by atoms with Crippen molar-refractivity contribution in [3.8, 4) is 5.75 Å². The molecule has 0 aliphatic carbocycles. The molecule has 3 heterocycles. The van der Waals surface area contributed by atoms with Crippen LogP contribution in [0.4, 0.5) is 4.79 Å². The second-order valence-corrected chi connectivity index (χ2v) is 13.2. The fourth-order valence-corrected chi connectivity index (χ4v) is 6.60. The van der Waals surface area contributed by atoms with Gasteiger partial charge in [-0.2, -0.15) is 0 Å². The van der Waals surface area contributed by atoms with Crippen molar-refractivity contribution in [2.24, 2.45) is 0 Å². The zero-order valence-electron chi connectivity index (χ0n) is 29.6. The van der Waals surface area contributed by atoms with Crippen LogP contribution in [-0.4, -0.2) is 107 Å². The third-order valence-corrected chi connectivity index (χ3v) is 9.46. The minimum atomic E-state index is -1.15. The third kappa shape index (κ3) is 9.33. The van der Waals surface area contributed by atoms with E-state index in [0.29, 0.717) is 29.8 Å². The summed E-state index contributed by atoms with van der Waals surface area (Å²) >= 11 is 0. The number of unbranched alkanes of at least 4 members (excludes halogenated alkanes) is 1. The summed E-state index contributed by atoms with van der Waals surface area (Å²) in [5.41, 5.74) is 3.57. The van der Waals surface area contributed by atoms with Gasteiger partial charge >= 0.3 is 12.1 Å². The van der Waals surface area contributed by atoms with Gasteiger partial charge < -0.3 is 34.6 Å². The van der Waals surface area contributed by atoms with E-state index in [4.69, 9.17) is 9.47 Å². The molecule has 1 unspecified atom stereocenters. The Morgan fingerprint density at radius 3 is 2.45 bits per heavy atom. The van der Waals surface area contributed by atoms with Gasteiger partial charge in [-0.05, 0) is 68.4 Å². The van der Waals surface area contributed by atoms with Crippen LogP contribution in [0.3, 0.4) is 0 Å². The number of aliphatic carboxylic acids is 1. The molecule has 2 saturated heterocycles. The number of nitrogens with zero attached hydrogens (tertiary/aromatic N) is 4. The Bertz CT molecular complexity index is 1760. The lowest BCUT2D eigenvalue weighted by molar-refractivity contribution is -0.138. The summed E-state index contributed by atoms with van der Waals surface area (Å²) in [6.45, 7) is 7.57. The lowest BCUT2D eigenvalue weighted by atomic mass is 9.99. The Kier molecular flexibility index (Phi) is 12.5. The van der Waals surface area contributed by atoms with Gasteiger partial charge in [0.25, 0.3) is 11.8 Å². The number of likely N-dealkylation sites (tertiary alicyclic amines) is 1. The number of carboxylic acids is 1. The quantitative estimate of drug-likeness (QED) is 0.242. The van der Waals surface area contributed by atoms with E-state index in [1.54, 1.807) is 6.07 Å². The Morgan fingerprint density at radius 2 is 1.73 bits per heavy atom. The van der Waals surface area contributed by atoms with Crippen molar-refractivity contribution in [2.45, 2.75) is 71.4 Å². The van der Waals surface area contributed by atoms with Gasteiger partial charge in [0.2, 0.25) is 5.91 Å². The summed E-state index contributed by atoms with van der Waals surface area (Å²) < 4.78 is 11.4. The van der Waals surface area contributed by atoms with Crippen LogP contribution in [0.25, 0.3) is 10.9 Å². The Morgan fingerprint density at radius 1 is 0.980 bits per heavy atom. The highest BCUT2D eigenvalue weighted by Gasteiger charge is 2.33. The maximum absolute atomic E-state index is 13.7. The zero-order chi connectivity index (χ0) is 36.5. The van der Waals surface area contributed by atoms with Crippen molar-refractivity contribution in [3.05, 3.63) is 70.9 Å². The number of hydrogen-bond acceptors (Lipinski definition) is 8. The van der Waals surface area contributed by atoms with E-state index in [9.17, 15) is 29.1 Å². The molecule has 2 aliphatic heterocycles. The van der Waals surface area contributed by atoms with Crippen molar-refractivity contribution < 1.29 is 38.6 Å².